The van der Waals surface area contributed by atoms with Gasteiger partial charge in [0.2, 0.25) is 0 Å². The molecule has 2 aliphatic carbocycles. The van der Waals surface area contributed by atoms with Gasteiger partial charge >= 0.3 is 141 Å². The zero-order valence-corrected chi connectivity index (χ0v) is 16.0. The summed E-state index contributed by atoms with van der Waals surface area (Å²) in [6.07, 6.45) is 5.55. The third-order valence-electron chi connectivity index (χ3n) is 4.44. The minimum Gasteiger partial charge on any atom is -0.147 e. The van der Waals surface area contributed by atoms with Gasteiger partial charge in [0.1, 0.15) is 0 Å². The molecule has 0 N–H and O–H groups in total. The Bertz CT molecular complexity index is 718. The van der Waals surface area contributed by atoms with Crippen molar-refractivity contribution in [3.05, 3.63) is 73.0 Å². The molecule has 24 heavy (non-hydrogen) atoms. The fourth-order valence-electron chi connectivity index (χ4n) is 3.28. The van der Waals surface area contributed by atoms with E-state index < -0.39 is 29.6 Å². The molecule has 127 valence electrons. The average Bonchev–Trinajstić information content (AvgIpc) is 3.09. The maximum absolute atomic E-state index is 13.5. The van der Waals surface area contributed by atoms with E-state index in [1.165, 1.54) is 19.9 Å². The monoisotopic (exact) mass is 387 g/mol. The maximum atomic E-state index is 13.5. The van der Waals surface area contributed by atoms with E-state index in [-0.39, 0.29) is 12.4 Å². The fourth-order valence-corrected chi connectivity index (χ4v) is 8.55. The molecule has 1 aromatic carbocycles. The van der Waals surface area contributed by atoms with Gasteiger partial charge in [0.25, 0.3) is 0 Å². The molecule has 0 aliphatic heterocycles. The van der Waals surface area contributed by atoms with Crippen molar-refractivity contribution in [3.63, 3.8) is 0 Å². The second kappa shape index (κ2) is 7.47. The molecule has 0 atom stereocenters. The van der Waals surface area contributed by atoms with Gasteiger partial charge in [0.15, 0.2) is 0 Å². The summed E-state index contributed by atoms with van der Waals surface area (Å²) >= 11 is -2.39. The van der Waals surface area contributed by atoms with Gasteiger partial charge in [-0.05, 0) is 0 Å². The molecular weight excluding hydrogens is 369 g/mol. The van der Waals surface area contributed by atoms with Crippen LogP contribution in [0.5, 0.6) is 0 Å². The summed E-state index contributed by atoms with van der Waals surface area (Å²) in [5.41, 5.74) is 1.86. The molecule has 0 saturated heterocycles. The molecule has 0 heterocycles. The molecule has 0 bridgehead atoms. The van der Waals surface area contributed by atoms with Crippen LogP contribution in [0.15, 0.2) is 67.5 Å². The summed E-state index contributed by atoms with van der Waals surface area (Å²) in [5.74, 6) is 0. The van der Waals surface area contributed by atoms with Gasteiger partial charge in [-0.25, -0.2) is 0 Å². The van der Waals surface area contributed by atoms with Gasteiger partial charge in [0, 0.05) is 0 Å². The largest absolute Gasteiger partial charge is 0.147 e. The number of alkyl halides is 3. The van der Waals surface area contributed by atoms with E-state index in [1.807, 2.05) is 13.8 Å². The normalized spacial score (nSPS) is 16.9. The molecule has 0 unspecified atom stereocenters. The number of rotatable bonds is 3. The zero-order chi connectivity index (χ0) is 16.6. The van der Waals surface area contributed by atoms with Crippen molar-refractivity contribution in [1.82, 2.24) is 0 Å². The van der Waals surface area contributed by atoms with Gasteiger partial charge in [-0.15, -0.1) is 12.4 Å². The van der Waals surface area contributed by atoms with Gasteiger partial charge in [-0.3, -0.25) is 0 Å². The third kappa shape index (κ3) is 3.64. The molecule has 0 saturated carbocycles. The van der Waals surface area contributed by atoms with E-state index in [0.29, 0.717) is 3.87 Å². The number of halogens is 4. The Kier molecular flexibility index (Phi) is 6.01. The van der Waals surface area contributed by atoms with Crippen molar-refractivity contribution in [2.75, 3.05) is 0 Å². The number of benzene rings is 1. The summed E-state index contributed by atoms with van der Waals surface area (Å²) in [4.78, 5) is 0. The van der Waals surface area contributed by atoms with Crippen LogP contribution in [-0.4, -0.2) is 0 Å². The van der Waals surface area contributed by atoms with E-state index >= 15 is 0 Å². The van der Waals surface area contributed by atoms with Crippen molar-refractivity contribution in [2.24, 2.45) is 0 Å². The minimum absolute atomic E-state index is 0. The van der Waals surface area contributed by atoms with Gasteiger partial charge in [-0.2, -0.15) is 0 Å². The Balaban J connectivity index is 0.00000208. The van der Waals surface area contributed by atoms with Crippen molar-refractivity contribution in [2.45, 2.75) is 32.9 Å². The number of allylic oxidation sites excluding steroid dienone is 8. The van der Waals surface area contributed by atoms with E-state index in [0.717, 1.165) is 24.0 Å². The van der Waals surface area contributed by atoms with E-state index in [2.05, 4.69) is 24.3 Å². The summed E-state index contributed by atoms with van der Waals surface area (Å²) < 4.78 is 43.7. The predicted octanol–water partition coefficient (Wildman–Crippen LogP) is 5.84. The average molecular weight is 388 g/mol. The standard InChI is InChI=1S/C7H4F3.2C6H7.ClH.Ti/c8-7(9,10)6-4-2-1-3-5-6;2*1-6-4-2-3-5-6;;/h1-4H;2*2,4H,3H2,1H3;1H;. The first kappa shape index (κ1) is 19.3. The fraction of sp³-hybridized carbons (Fsp3) is 0.263. The van der Waals surface area contributed by atoms with Gasteiger partial charge in [0.05, 0.1) is 0 Å². The number of hydrogen-bond donors (Lipinski definition) is 0. The second-order valence-corrected chi connectivity index (χ2v) is 9.85. The molecule has 0 nitrogen and oxygen atoms in total. The Labute approximate surface area is 153 Å². The molecule has 0 aromatic heterocycles. The van der Waals surface area contributed by atoms with Crippen molar-refractivity contribution in [1.29, 1.82) is 0 Å². The Morgan fingerprint density at radius 1 is 0.875 bits per heavy atom. The summed E-state index contributed by atoms with van der Waals surface area (Å²) in [7, 11) is 0. The van der Waals surface area contributed by atoms with Crippen LogP contribution in [0.1, 0.15) is 32.3 Å². The van der Waals surface area contributed by atoms with Crippen LogP contribution < -0.4 is 3.87 Å². The molecule has 0 radical (unpaired) electrons. The van der Waals surface area contributed by atoms with Crippen molar-refractivity contribution < 1.29 is 31.0 Å². The molecular formula is C19H19ClF3Ti. The SMILES string of the molecule is CC1=[C]([Ti]([C]2=C(C)C=CC2)[c]2ccccc2C(F)(F)F)CC=C1.Cl. The van der Waals surface area contributed by atoms with Crippen LogP contribution in [0, 0.1) is 0 Å². The van der Waals surface area contributed by atoms with Gasteiger partial charge < -0.3 is 0 Å². The van der Waals surface area contributed by atoms with Crippen LogP contribution in [-0.2, 0) is 24.0 Å². The first-order valence-electron chi connectivity index (χ1n) is 7.66. The molecule has 5 heteroatoms. The van der Waals surface area contributed by atoms with E-state index in [9.17, 15) is 13.2 Å². The predicted molar refractivity (Wildman–Crippen MR) is 91.2 cm³/mol. The Hall–Kier alpha value is -1.03. The molecule has 0 fully saturated rings. The maximum Gasteiger partial charge on any atom is -0.147 e. The molecule has 2 aliphatic rings. The quantitative estimate of drug-likeness (QED) is 0.572. The van der Waals surface area contributed by atoms with E-state index in [4.69, 9.17) is 0 Å². The Morgan fingerprint density at radius 2 is 1.38 bits per heavy atom. The first-order valence-corrected chi connectivity index (χ1v) is 10.0. The minimum atomic E-state index is -4.30. The first-order chi connectivity index (χ1) is 10.9. The summed E-state index contributed by atoms with van der Waals surface area (Å²) in [6, 6.07) is 6.17. The third-order valence-corrected chi connectivity index (χ3v) is 9.71. The smallest absolute Gasteiger partial charge is 0.147 e. The van der Waals surface area contributed by atoms with E-state index in [1.54, 1.807) is 12.1 Å². The van der Waals surface area contributed by atoms with Crippen LogP contribution in [0.2, 0.25) is 0 Å². The molecule has 0 amide bonds. The van der Waals surface area contributed by atoms with Crippen LogP contribution in [0.3, 0.4) is 0 Å². The van der Waals surface area contributed by atoms with Crippen LogP contribution >= 0.6 is 12.4 Å². The van der Waals surface area contributed by atoms with Crippen molar-refractivity contribution >= 4 is 16.3 Å². The van der Waals surface area contributed by atoms with Crippen molar-refractivity contribution in [3.8, 4) is 0 Å². The Morgan fingerprint density at radius 3 is 1.79 bits per heavy atom. The number of hydrogen-bond acceptors (Lipinski definition) is 0. The summed E-state index contributed by atoms with van der Waals surface area (Å²) in [6.45, 7) is 4.06. The second-order valence-electron chi connectivity index (χ2n) is 5.95. The van der Waals surface area contributed by atoms with Gasteiger partial charge in [-0.1, -0.05) is 0 Å². The van der Waals surface area contributed by atoms with Crippen LogP contribution in [0.25, 0.3) is 0 Å². The van der Waals surface area contributed by atoms with Crippen LogP contribution in [0.4, 0.5) is 13.2 Å². The topological polar surface area (TPSA) is 0 Å². The molecule has 3 rings (SSSR count). The zero-order valence-electron chi connectivity index (χ0n) is 13.6. The molecule has 1 aromatic rings. The summed E-state index contributed by atoms with van der Waals surface area (Å²) in [5, 5.41) is 0. The molecule has 0 spiro atoms.